The number of hydrogen-bond donors (Lipinski definition) is 1. The van der Waals surface area contributed by atoms with Crippen LogP contribution in [0.15, 0.2) is 53.7 Å². The lowest BCUT2D eigenvalue weighted by Gasteiger charge is -2.05. The van der Waals surface area contributed by atoms with Crippen molar-refractivity contribution >= 4 is 11.8 Å². The number of nitrogen functional groups attached to an aromatic ring is 1. The zero-order valence-corrected chi connectivity index (χ0v) is 12.8. The summed E-state index contributed by atoms with van der Waals surface area (Å²) in [4.78, 5) is 0. The van der Waals surface area contributed by atoms with Crippen LogP contribution in [-0.4, -0.2) is 14.9 Å². The Balaban J connectivity index is 1.80. The van der Waals surface area contributed by atoms with E-state index in [1.54, 1.807) is 18.2 Å². The molecule has 1 aromatic heterocycles. The molecule has 0 spiro atoms. The normalized spacial score (nSPS) is 10.4. The Morgan fingerprint density at radius 2 is 1.87 bits per heavy atom. The topological polar surface area (TPSA) is 80.5 Å². The van der Waals surface area contributed by atoms with E-state index < -0.39 is 0 Å². The molecule has 0 aliphatic rings. The molecule has 2 N–H and O–H groups in total. The number of nitrogens with two attached hydrogens (primary N) is 1. The highest BCUT2D eigenvalue weighted by Crippen LogP contribution is 2.25. The maximum absolute atomic E-state index is 13.0. The standard InChI is InChI=1S/C16H12FN5S/c17-14-7-5-11(6-8-14)15-20-21-16(22(15)19)23-10-13-4-2-1-3-12(13)9-18/h1-8H,10,19H2. The predicted molar refractivity (Wildman–Crippen MR) is 86.3 cm³/mol. The van der Waals surface area contributed by atoms with Crippen molar-refractivity contribution in [2.45, 2.75) is 10.9 Å². The second-order valence-electron chi connectivity index (χ2n) is 4.74. The summed E-state index contributed by atoms with van der Waals surface area (Å²) in [6.07, 6.45) is 0. The van der Waals surface area contributed by atoms with Crippen molar-refractivity contribution in [3.8, 4) is 17.5 Å². The third kappa shape index (κ3) is 3.17. The SMILES string of the molecule is N#Cc1ccccc1CSc1nnc(-c2ccc(F)cc2)n1N. The van der Waals surface area contributed by atoms with E-state index in [2.05, 4.69) is 16.3 Å². The van der Waals surface area contributed by atoms with Gasteiger partial charge in [0, 0.05) is 11.3 Å². The number of rotatable bonds is 4. The summed E-state index contributed by atoms with van der Waals surface area (Å²) in [7, 11) is 0. The molecule has 0 unspecified atom stereocenters. The van der Waals surface area contributed by atoms with Gasteiger partial charge in [0.15, 0.2) is 5.82 Å². The molecule has 114 valence electrons. The number of aromatic nitrogens is 3. The average molecular weight is 325 g/mol. The summed E-state index contributed by atoms with van der Waals surface area (Å²) >= 11 is 1.39. The third-order valence-electron chi connectivity index (χ3n) is 3.26. The van der Waals surface area contributed by atoms with Gasteiger partial charge in [-0.3, -0.25) is 0 Å². The van der Waals surface area contributed by atoms with Crippen molar-refractivity contribution in [1.82, 2.24) is 14.9 Å². The van der Waals surface area contributed by atoms with E-state index in [-0.39, 0.29) is 5.82 Å². The van der Waals surface area contributed by atoms with Crippen molar-refractivity contribution in [3.63, 3.8) is 0 Å². The van der Waals surface area contributed by atoms with Crippen molar-refractivity contribution < 1.29 is 4.39 Å². The molecule has 0 amide bonds. The first-order valence-corrected chi connectivity index (χ1v) is 7.75. The van der Waals surface area contributed by atoms with Gasteiger partial charge in [0.1, 0.15) is 5.82 Å². The van der Waals surface area contributed by atoms with Crippen molar-refractivity contribution in [2.24, 2.45) is 0 Å². The van der Waals surface area contributed by atoms with Crippen molar-refractivity contribution in [2.75, 3.05) is 5.84 Å². The van der Waals surface area contributed by atoms with Gasteiger partial charge in [0.25, 0.3) is 0 Å². The Morgan fingerprint density at radius 3 is 2.61 bits per heavy atom. The molecule has 0 saturated heterocycles. The monoisotopic (exact) mass is 325 g/mol. The van der Waals surface area contributed by atoms with E-state index in [9.17, 15) is 4.39 Å². The van der Waals surface area contributed by atoms with Crippen molar-refractivity contribution in [1.29, 1.82) is 5.26 Å². The first-order chi connectivity index (χ1) is 11.2. The number of benzene rings is 2. The highest BCUT2D eigenvalue weighted by Gasteiger charge is 2.13. The molecule has 3 aromatic rings. The molecule has 7 heteroatoms. The summed E-state index contributed by atoms with van der Waals surface area (Å²) in [6.45, 7) is 0. The largest absolute Gasteiger partial charge is 0.335 e. The van der Waals surface area contributed by atoms with Crippen LogP contribution in [0, 0.1) is 17.1 Å². The highest BCUT2D eigenvalue weighted by molar-refractivity contribution is 7.98. The first-order valence-electron chi connectivity index (χ1n) is 6.76. The summed E-state index contributed by atoms with van der Waals surface area (Å²) in [6, 6.07) is 15.4. The minimum Gasteiger partial charge on any atom is -0.335 e. The number of nitrogens with zero attached hydrogens (tertiary/aromatic N) is 4. The molecule has 0 atom stereocenters. The Morgan fingerprint density at radius 1 is 1.13 bits per heavy atom. The Hall–Kier alpha value is -2.85. The molecule has 3 rings (SSSR count). The van der Waals surface area contributed by atoms with Crippen molar-refractivity contribution in [3.05, 3.63) is 65.5 Å². The van der Waals surface area contributed by atoms with Gasteiger partial charge in [-0.05, 0) is 35.9 Å². The maximum Gasteiger partial charge on any atom is 0.210 e. The molecule has 1 heterocycles. The van der Waals surface area contributed by atoms with Crippen LogP contribution in [0.1, 0.15) is 11.1 Å². The van der Waals surface area contributed by atoms with Gasteiger partial charge in [0.05, 0.1) is 11.6 Å². The van der Waals surface area contributed by atoms with E-state index in [0.717, 1.165) is 5.56 Å². The second-order valence-corrected chi connectivity index (χ2v) is 5.68. The molecule has 23 heavy (non-hydrogen) atoms. The number of nitriles is 1. The summed E-state index contributed by atoms with van der Waals surface area (Å²) in [5.41, 5.74) is 2.22. The lowest BCUT2D eigenvalue weighted by atomic mass is 10.1. The van der Waals surface area contributed by atoms with Crippen LogP contribution in [0.3, 0.4) is 0 Å². The van der Waals surface area contributed by atoms with Crippen LogP contribution in [0.5, 0.6) is 0 Å². The number of halogens is 1. The van der Waals surface area contributed by atoms with Crippen LogP contribution in [0.4, 0.5) is 4.39 Å². The molecule has 0 radical (unpaired) electrons. The number of hydrogen-bond acceptors (Lipinski definition) is 5. The summed E-state index contributed by atoms with van der Waals surface area (Å²) in [5, 5.41) is 17.7. The molecule has 2 aromatic carbocycles. The third-order valence-corrected chi connectivity index (χ3v) is 4.25. The van der Waals surface area contributed by atoms with Crippen LogP contribution >= 0.6 is 11.8 Å². The molecule has 0 bridgehead atoms. The van der Waals surface area contributed by atoms with E-state index in [4.69, 9.17) is 11.1 Å². The quantitative estimate of drug-likeness (QED) is 0.589. The van der Waals surface area contributed by atoms with E-state index in [1.165, 1.54) is 28.6 Å². The smallest absolute Gasteiger partial charge is 0.210 e. The zero-order valence-electron chi connectivity index (χ0n) is 12.0. The zero-order chi connectivity index (χ0) is 16.2. The Kier molecular flexibility index (Phi) is 4.26. The maximum atomic E-state index is 13.0. The molecular weight excluding hydrogens is 313 g/mol. The van der Waals surface area contributed by atoms with Gasteiger partial charge in [-0.2, -0.15) is 5.26 Å². The minimum absolute atomic E-state index is 0.320. The minimum atomic E-state index is -0.320. The lowest BCUT2D eigenvalue weighted by molar-refractivity contribution is 0.628. The van der Waals surface area contributed by atoms with E-state index >= 15 is 0 Å². The fourth-order valence-electron chi connectivity index (χ4n) is 2.07. The molecule has 0 saturated carbocycles. The van der Waals surface area contributed by atoms with Crippen LogP contribution in [0.25, 0.3) is 11.4 Å². The summed E-state index contributed by atoms with van der Waals surface area (Å²) < 4.78 is 14.4. The van der Waals surface area contributed by atoms with Gasteiger partial charge in [0.2, 0.25) is 5.16 Å². The molecular formula is C16H12FN5S. The molecule has 0 aliphatic carbocycles. The summed E-state index contributed by atoms with van der Waals surface area (Å²) in [5.74, 6) is 6.72. The fourth-order valence-corrected chi connectivity index (χ4v) is 2.93. The molecule has 0 fully saturated rings. The van der Waals surface area contributed by atoms with Gasteiger partial charge < -0.3 is 5.84 Å². The molecule has 5 nitrogen and oxygen atoms in total. The first kappa shape index (κ1) is 15.1. The average Bonchev–Trinajstić information content (AvgIpc) is 2.95. The van der Waals surface area contributed by atoms with Crippen LogP contribution in [-0.2, 0) is 5.75 Å². The fraction of sp³-hybridized carbons (Fsp3) is 0.0625. The van der Waals surface area contributed by atoms with Gasteiger partial charge in [-0.1, -0.05) is 30.0 Å². The van der Waals surface area contributed by atoms with Crippen LogP contribution in [0.2, 0.25) is 0 Å². The van der Waals surface area contributed by atoms with Gasteiger partial charge in [-0.15, -0.1) is 10.2 Å². The number of thioether (sulfide) groups is 1. The van der Waals surface area contributed by atoms with Crippen LogP contribution < -0.4 is 5.84 Å². The van der Waals surface area contributed by atoms with Gasteiger partial charge >= 0.3 is 0 Å². The van der Waals surface area contributed by atoms with E-state index in [0.29, 0.717) is 27.9 Å². The second kappa shape index (κ2) is 6.50. The van der Waals surface area contributed by atoms with Gasteiger partial charge in [-0.25, -0.2) is 9.07 Å². The molecule has 0 aliphatic heterocycles. The Labute approximate surface area is 136 Å². The van der Waals surface area contributed by atoms with E-state index in [1.807, 2.05) is 18.2 Å². The highest BCUT2D eigenvalue weighted by atomic mass is 32.2. The Bertz CT molecular complexity index is 867. The predicted octanol–water partition coefficient (Wildman–Crippen LogP) is 2.96. The lowest BCUT2D eigenvalue weighted by Crippen LogP contribution is -2.11.